The molecule has 0 heterocycles. The van der Waals surface area contributed by atoms with Crippen molar-refractivity contribution in [2.24, 2.45) is 0 Å². The molecule has 0 bridgehead atoms. The maximum Gasteiger partial charge on any atom is 0.250 e. The first-order chi connectivity index (χ1) is 8.26. The normalized spacial score (nSPS) is 9.94. The molecule has 1 amide bonds. The molecule has 0 aliphatic heterocycles. The Morgan fingerprint density at radius 3 is 2.65 bits per heavy atom. The van der Waals surface area contributed by atoms with Gasteiger partial charge in [-0.05, 0) is 24.7 Å². The van der Waals surface area contributed by atoms with Gasteiger partial charge in [-0.25, -0.2) is 0 Å². The van der Waals surface area contributed by atoms with Gasteiger partial charge in [-0.2, -0.15) is 0 Å². The van der Waals surface area contributed by atoms with Gasteiger partial charge in [0.25, 0.3) is 0 Å². The van der Waals surface area contributed by atoms with E-state index in [1.54, 1.807) is 0 Å². The van der Waals surface area contributed by atoms with E-state index in [2.05, 4.69) is 10.6 Å². The minimum Gasteiger partial charge on any atom is -0.364 e. The number of ether oxygens (including phenoxy) is 1. The van der Waals surface area contributed by atoms with Crippen molar-refractivity contribution >= 4 is 17.9 Å². The van der Waals surface area contributed by atoms with Crippen molar-refractivity contribution in [1.82, 2.24) is 5.32 Å². The molecule has 0 saturated heterocycles. The highest BCUT2D eigenvalue weighted by atomic mass is 16.5. The van der Waals surface area contributed by atoms with Gasteiger partial charge < -0.3 is 20.2 Å². The van der Waals surface area contributed by atoms with E-state index < -0.39 is 0 Å². The second kappa shape index (κ2) is 7.54. The molecule has 1 rings (SSSR count). The Morgan fingerprint density at radius 1 is 1.35 bits per heavy atom. The number of anilines is 1. The second-order valence-corrected chi connectivity index (χ2v) is 3.46. The van der Waals surface area contributed by atoms with E-state index in [9.17, 15) is 9.59 Å². The van der Waals surface area contributed by atoms with Gasteiger partial charge in [0.05, 0.1) is 0 Å². The molecule has 5 heteroatoms. The Bertz CT molecular complexity index is 363. The topological polar surface area (TPSA) is 67.4 Å². The minimum atomic E-state index is -0.270. The predicted molar refractivity (Wildman–Crippen MR) is 64.7 cm³/mol. The van der Waals surface area contributed by atoms with Gasteiger partial charge in [-0.15, -0.1) is 0 Å². The highest BCUT2D eigenvalue weighted by Crippen LogP contribution is 2.09. The van der Waals surface area contributed by atoms with Crippen LogP contribution in [0.1, 0.15) is 5.56 Å². The first-order valence-corrected chi connectivity index (χ1v) is 5.31. The Labute approximate surface area is 100 Å². The number of carbonyl (C=O) groups is 2. The zero-order valence-corrected chi connectivity index (χ0v) is 9.73. The number of hydrogen-bond acceptors (Lipinski definition) is 4. The van der Waals surface area contributed by atoms with E-state index in [0.717, 1.165) is 12.1 Å². The SMILES string of the molecule is CNCc1ccc(NC(=O)COCC=O)cc1. The summed E-state index contributed by atoms with van der Waals surface area (Å²) in [4.78, 5) is 21.3. The van der Waals surface area contributed by atoms with Crippen molar-refractivity contribution in [3.63, 3.8) is 0 Å². The standard InChI is InChI=1S/C12H16N2O3/c1-13-8-10-2-4-11(5-3-10)14-12(16)9-17-7-6-15/h2-6,13H,7-9H2,1H3,(H,14,16). The monoisotopic (exact) mass is 236 g/mol. The van der Waals surface area contributed by atoms with Crippen LogP contribution >= 0.6 is 0 Å². The fraction of sp³-hybridized carbons (Fsp3) is 0.333. The average molecular weight is 236 g/mol. The number of benzene rings is 1. The van der Waals surface area contributed by atoms with Crippen LogP contribution in [0.5, 0.6) is 0 Å². The second-order valence-electron chi connectivity index (χ2n) is 3.46. The van der Waals surface area contributed by atoms with Crippen LogP contribution in [0.25, 0.3) is 0 Å². The van der Waals surface area contributed by atoms with Crippen LogP contribution in [0.3, 0.4) is 0 Å². The molecule has 0 atom stereocenters. The van der Waals surface area contributed by atoms with Crippen molar-refractivity contribution < 1.29 is 14.3 Å². The Balaban J connectivity index is 2.40. The zero-order valence-electron chi connectivity index (χ0n) is 9.73. The minimum absolute atomic E-state index is 0.0610. The van der Waals surface area contributed by atoms with E-state index in [1.807, 2.05) is 31.3 Å². The van der Waals surface area contributed by atoms with Gasteiger partial charge >= 0.3 is 0 Å². The average Bonchev–Trinajstić information content (AvgIpc) is 2.32. The fourth-order valence-corrected chi connectivity index (χ4v) is 1.31. The fourth-order valence-electron chi connectivity index (χ4n) is 1.31. The molecular weight excluding hydrogens is 220 g/mol. The number of aldehydes is 1. The number of hydrogen-bond donors (Lipinski definition) is 2. The summed E-state index contributed by atoms with van der Waals surface area (Å²) in [6, 6.07) is 7.51. The molecular formula is C12H16N2O3. The summed E-state index contributed by atoms with van der Waals surface area (Å²) < 4.78 is 4.79. The van der Waals surface area contributed by atoms with Crippen molar-refractivity contribution in [3.8, 4) is 0 Å². The lowest BCUT2D eigenvalue weighted by molar-refractivity contribution is -0.122. The maximum absolute atomic E-state index is 11.3. The zero-order chi connectivity index (χ0) is 12.5. The van der Waals surface area contributed by atoms with Crippen molar-refractivity contribution in [2.45, 2.75) is 6.54 Å². The summed E-state index contributed by atoms with van der Waals surface area (Å²) in [6.07, 6.45) is 0.611. The lowest BCUT2D eigenvalue weighted by Crippen LogP contribution is -2.18. The summed E-state index contributed by atoms with van der Waals surface area (Å²) in [5.41, 5.74) is 1.85. The first kappa shape index (κ1) is 13.3. The van der Waals surface area contributed by atoms with Gasteiger partial charge in [-0.1, -0.05) is 12.1 Å². The van der Waals surface area contributed by atoms with Crippen LogP contribution in [0.15, 0.2) is 24.3 Å². The number of rotatable bonds is 7. The Hall–Kier alpha value is -1.72. The van der Waals surface area contributed by atoms with Crippen molar-refractivity contribution in [1.29, 1.82) is 0 Å². The summed E-state index contributed by atoms with van der Waals surface area (Å²) in [5, 5.41) is 5.71. The molecule has 0 fully saturated rings. The molecule has 0 unspecified atom stereocenters. The highest BCUT2D eigenvalue weighted by molar-refractivity contribution is 5.91. The molecule has 1 aromatic carbocycles. The molecule has 0 saturated carbocycles. The molecule has 5 nitrogen and oxygen atoms in total. The summed E-state index contributed by atoms with van der Waals surface area (Å²) in [6.45, 7) is 0.613. The van der Waals surface area contributed by atoms with Gasteiger partial charge in [-0.3, -0.25) is 4.79 Å². The molecule has 17 heavy (non-hydrogen) atoms. The van der Waals surface area contributed by atoms with Crippen molar-refractivity contribution in [3.05, 3.63) is 29.8 Å². The molecule has 2 N–H and O–H groups in total. The molecule has 0 aliphatic rings. The van der Waals surface area contributed by atoms with Gasteiger partial charge in [0.2, 0.25) is 5.91 Å². The molecule has 0 spiro atoms. The van der Waals surface area contributed by atoms with E-state index in [1.165, 1.54) is 0 Å². The Morgan fingerprint density at radius 2 is 2.06 bits per heavy atom. The van der Waals surface area contributed by atoms with Crippen LogP contribution in [0, 0.1) is 0 Å². The third-order valence-electron chi connectivity index (χ3n) is 2.04. The predicted octanol–water partition coefficient (Wildman–Crippen LogP) is 0.560. The van der Waals surface area contributed by atoms with Crippen LogP contribution in [-0.2, 0) is 20.9 Å². The summed E-state index contributed by atoms with van der Waals surface area (Å²) in [5.74, 6) is -0.270. The van der Waals surface area contributed by atoms with Crippen LogP contribution in [-0.4, -0.2) is 32.5 Å². The highest BCUT2D eigenvalue weighted by Gasteiger charge is 2.01. The maximum atomic E-state index is 11.3. The van der Waals surface area contributed by atoms with Crippen LogP contribution < -0.4 is 10.6 Å². The summed E-state index contributed by atoms with van der Waals surface area (Å²) >= 11 is 0. The number of amides is 1. The largest absolute Gasteiger partial charge is 0.364 e. The van der Waals surface area contributed by atoms with E-state index in [-0.39, 0.29) is 19.1 Å². The number of nitrogens with one attached hydrogen (secondary N) is 2. The van der Waals surface area contributed by atoms with Crippen LogP contribution in [0.4, 0.5) is 5.69 Å². The molecule has 0 radical (unpaired) electrons. The van der Waals surface area contributed by atoms with E-state index >= 15 is 0 Å². The molecule has 1 aromatic rings. The van der Waals surface area contributed by atoms with Gasteiger partial charge in [0.1, 0.15) is 19.5 Å². The lowest BCUT2D eigenvalue weighted by atomic mass is 10.2. The third kappa shape index (κ3) is 5.24. The Kier molecular flexibility index (Phi) is 5.92. The van der Waals surface area contributed by atoms with Crippen LogP contribution in [0.2, 0.25) is 0 Å². The first-order valence-electron chi connectivity index (χ1n) is 5.31. The molecule has 0 aliphatic carbocycles. The number of carbonyl (C=O) groups excluding carboxylic acids is 2. The quantitative estimate of drug-likeness (QED) is 0.536. The molecule has 92 valence electrons. The summed E-state index contributed by atoms with van der Waals surface area (Å²) in [7, 11) is 1.88. The van der Waals surface area contributed by atoms with Crippen molar-refractivity contribution in [2.75, 3.05) is 25.6 Å². The van der Waals surface area contributed by atoms with E-state index in [0.29, 0.717) is 12.0 Å². The molecule has 0 aromatic heterocycles. The third-order valence-corrected chi connectivity index (χ3v) is 2.04. The smallest absolute Gasteiger partial charge is 0.250 e. The van der Waals surface area contributed by atoms with Gasteiger partial charge in [0.15, 0.2) is 0 Å². The van der Waals surface area contributed by atoms with E-state index in [4.69, 9.17) is 4.74 Å². The lowest BCUT2D eigenvalue weighted by Gasteiger charge is -2.06. The van der Waals surface area contributed by atoms with Gasteiger partial charge in [0, 0.05) is 12.2 Å².